The van der Waals surface area contributed by atoms with E-state index >= 15 is 0 Å². The van der Waals surface area contributed by atoms with E-state index in [0.29, 0.717) is 10.8 Å². The molecule has 2 rings (SSSR count). The van der Waals surface area contributed by atoms with E-state index in [4.69, 9.17) is 16.3 Å². The minimum atomic E-state index is 0.206. The number of hydrogen-bond acceptors (Lipinski definition) is 4. The second-order valence-corrected chi connectivity index (χ2v) is 6.04. The quantitative estimate of drug-likeness (QED) is 0.895. The average molecular weight is 297 g/mol. The molecular formula is C14H17ClN2OS. The van der Waals surface area contributed by atoms with E-state index in [1.165, 1.54) is 4.88 Å². The average Bonchev–Trinajstić information content (AvgIpc) is 2.71. The van der Waals surface area contributed by atoms with Crippen LogP contribution in [0.25, 0.3) is 0 Å². The van der Waals surface area contributed by atoms with Gasteiger partial charge in [-0.25, -0.2) is 4.98 Å². The highest BCUT2D eigenvalue weighted by molar-refractivity contribution is 7.11. The maximum absolute atomic E-state index is 6.02. The van der Waals surface area contributed by atoms with Crippen molar-refractivity contribution in [3.8, 4) is 5.75 Å². The third-order valence-corrected chi connectivity index (χ3v) is 4.43. The summed E-state index contributed by atoms with van der Waals surface area (Å²) in [6.45, 7) is 6.19. The Balaban J connectivity index is 2.19. The predicted octanol–water partition coefficient (Wildman–Crippen LogP) is 4.60. The van der Waals surface area contributed by atoms with Crippen molar-refractivity contribution in [2.45, 2.75) is 26.8 Å². The van der Waals surface area contributed by atoms with E-state index in [-0.39, 0.29) is 6.04 Å². The van der Waals surface area contributed by atoms with Crippen LogP contribution in [0, 0.1) is 13.8 Å². The first-order chi connectivity index (χ1) is 9.01. The van der Waals surface area contributed by atoms with Crippen molar-refractivity contribution in [2.24, 2.45) is 0 Å². The van der Waals surface area contributed by atoms with Gasteiger partial charge in [-0.2, -0.15) is 0 Å². The molecule has 3 nitrogen and oxygen atoms in total. The Bertz CT molecular complexity index is 583. The number of anilines is 1. The summed E-state index contributed by atoms with van der Waals surface area (Å²) in [6, 6.07) is 5.89. The molecule has 19 heavy (non-hydrogen) atoms. The van der Waals surface area contributed by atoms with Crippen molar-refractivity contribution in [1.82, 2.24) is 4.98 Å². The summed E-state index contributed by atoms with van der Waals surface area (Å²) in [6.07, 6.45) is 0. The van der Waals surface area contributed by atoms with Crippen LogP contribution in [-0.2, 0) is 0 Å². The summed E-state index contributed by atoms with van der Waals surface area (Å²) in [5, 5.41) is 5.15. The number of nitrogens with one attached hydrogen (secondary N) is 1. The predicted molar refractivity (Wildman–Crippen MR) is 81.6 cm³/mol. The van der Waals surface area contributed by atoms with Crippen LogP contribution in [0.5, 0.6) is 5.75 Å². The monoisotopic (exact) mass is 296 g/mol. The zero-order valence-electron chi connectivity index (χ0n) is 11.5. The largest absolute Gasteiger partial charge is 0.495 e. The number of aromatic nitrogens is 1. The first kappa shape index (κ1) is 14.2. The van der Waals surface area contributed by atoms with E-state index in [1.54, 1.807) is 18.4 Å². The molecule has 102 valence electrons. The minimum Gasteiger partial charge on any atom is -0.495 e. The number of methoxy groups -OCH3 is 1. The van der Waals surface area contributed by atoms with Crippen LogP contribution >= 0.6 is 22.9 Å². The fraction of sp³-hybridized carbons (Fsp3) is 0.357. The molecule has 0 aliphatic heterocycles. The highest BCUT2D eigenvalue weighted by atomic mass is 35.5. The van der Waals surface area contributed by atoms with Crippen LogP contribution in [0.2, 0.25) is 5.02 Å². The van der Waals surface area contributed by atoms with Crippen LogP contribution in [0.15, 0.2) is 18.2 Å². The Morgan fingerprint density at radius 2 is 2.11 bits per heavy atom. The molecule has 0 saturated heterocycles. The summed E-state index contributed by atoms with van der Waals surface area (Å²) >= 11 is 7.74. The maximum atomic E-state index is 6.02. The number of benzene rings is 1. The molecule has 1 atom stereocenters. The van der Waals surface area contributed by atoms with Crippen molar-refractivity contribution < 1.29 is 4.74 Å². The summed E-state index contributed by atoms with van der Waals surface area (Å²) in [7, 11) is 1.62. The molecular weight excluding hydrogens is 280 g/mol. The Morgan fingerprint density at radius 1 is 1.37 bits per heavy atom. The van der Waals surface area contributed by atoms with Gasteiger partial charge in [-0.3, -0.25) is 0 Å². The highest BCUT2D eigenvalue weighted by Crippen LogP contribution is 2.31. The molecule has 1 aromatic heterocycles. The van der Waals surface area contributed by atoms with Gasteiger partial charge in [0.25, 0.3) is 0 Å². The van der Waals surface area contributed by atoms with E-state index < -0.39 is 0 Å². The molecule has 0 amide bonds. The van der Waals surface area contributed by atoms with Gasteiger partial charge in [0.2, 0.25) is 0 Å². The van der Waals surface area contributed by atoms with Gasteiger partial charge in [0.05, 0.1) is 28.9 Å². The summed E-state index contributed by atoms with van der Waals surface area (Å²) in [5.74, 6) is 0.677. The second kappa shape index (κ2) is 5.80. The Kier molecular flexibility index (Phi) is 4.32. The number of thiazole rings is 1. The molecule has 1 aromatic carbocycles. The van der Waals surface area contributed by atoms with Crippen molar-refractivity contribution in [2.75, 3.05) is 12.4 Å². The molecule has 0 fully saturated rings. The summed E-state index contributed by atoms with van der Waals surface area (Å²) < 4.78 is 5.22. The molecule has 0 radical (unpaired) electrons. The van der Waals surface area contributed by atoms with Crippen LogP contribution in [0.4, 0.5) is 5.69 Å². The number of nitrogens with zero attached hydrogens (tertiary/aromatic N) is 1. The molecule has 2 aromatic rings. The number of aryl methyl sites for hydroxylation is 2. The third kappa shape index (κ3) is 3.19. The fourth-order valence-electron chi connectivity index (χ4n) is 2.01. The number of rotatable bonds is 4. The lowest BCUT2D eigenvalue weighted by Crippen LogP contribution is -2.06. The molecule has 1 unspecified atom stereocenters. The molecule has 0 aliphatic rings. The lowest BCUT2D eigenvalue weighted by Gasteiger charge is -2.15. The first-order valence-electron chi connectivity index (χ1n) is 6.05. The molecule has 0 bridgehead atoms. The topological polar surface area (TPSA) is 34.1 Å². The lowest BCUT2D eigenvalue weighted by atomic mass is 10.2. The molecule has 0 saturated carbocycles. The molecule has 1 N–H and O–H groups in total. The fourth-order valence-corrected chi connectivity index (χ4v) is 3.14. The van der Waals surface area contributed by atoms with E-state index in [9.17, 15) is 0 Å². The SMILES string of the molecule is COc1cc(NC(C)c2sc(C)nc2C)ccc1Cl. The Labute approximate surface area is 122 Å². The zero-order valence-corrected chi connectivity index (χ0v) is 13.0. The third-order valence-electron chi connectivity index (χ3n) is 2.87. The molecule has 0 aliphatic carbocycles. The lowest BCUT2D eigenvalue weighted by molar-refractivity contribution is 0.415. The van der Waals surface area contributed by atoms with Crippen LogP contribution < -0.4 is 10.1 Å². The Morgan fingerprint density at radius 3 is 2.68 bits per heavy atom. The normalized spacial score (nSPS) is 12.3. The van der Waals surface area contributed by atoms with Crippen molar-refractivity contribution >= 4 is 28.6 Å². The zero-order chi connectivity index (χ0) is 14.0. The van der Waals surface area contributed by atoms with Gasteiger partial charge in [-0.05, 0) is 32.9 Å². The van der Waals surface area contributed by atoms with Crippen LogP contribution in [0.1, 0.15) is 28.5 Å². The van der Waals surface area contributed by atoms with E-state index in [1.807, 2.05) is 32.0 Å². The number of halogens is 1. The number of hydrogen-bond donors (Lipinski definition) is 1. The smallest absolute Gasteiger partial charge is 0.139 e. The van der Waals surface area contributed by atoms with Crippen molar-refractivity contribution in [3.05, 3.63) is 38.8 Å². The van der Waals surface area contributed by atoms with Crippen molar-refractivity contribution in [1.29, 1.82) is 0 Å². The Hall–Kier alpha value is -1.26. The first-order valence-corrected chi connectivity index (χ1v) is 7.24. The summed E-state index contributed by atoms with van der Waals surface area (Å²) in [5.41, 5.74) is 2.07. The molecule has 1 heterocycles. The number of ether oxygens (including phenoxy) is 1. The standard InChI is InChI=1S/C14H17ClN2OS/c1-8-14(19-10(3)16-8)9(2)17-11-5-6-12(15)13(7-11)18-4/h5-7,9,17H,1-4H3. The van der Waals surface area contributed by atoms with Crippen LogP contribution in [0.3, 0.4) is 0 Å². The minimum absolute atomic E-state index is 0.206. The van der Waals surface area contributed by atoms with Gasteiger partial charge in [0.1, 0.15) is 5.75 Å². The van der Waals surface area contributed by atoms with Crippen LogP contribution in [-0.4, -0.2) is 12.1 Å². The maximum Gasteiger partial charge on any atom is 0.139 e. The van der Waals surface area contributed by atoms with Gasteiger partial charge < -0.3 is 10.1 Å². The second-order valence-electron chi connectivity index (χ2n) is 4.40. The van der Waals surface area contributed by atoms with E-state index in [0.717, 1.165) is 16.4 Å². The van der Waals surface area contributed by atoms with Gasteiger partial charge in [-0.15, -0.1) is 11.3 Å². The van der Waals surface area contributed by atoms with Gasteiger partial charge in [0.15, 0.2) is 0 Å². The van der Waals surface area contributed by atoms with Gasteiger partial charge >= 0.3 is 0 Å². The highest BCUT2D eigenvalue weighted by Gasteiger charge is 2.13. The molecule has 0 spiro atoms. The molecule has 5 heteroatoms. The summed E-state index contributed by atoms with van der Waals surface area (Å²) in [4.78, 5) is 5.71. The van der Waals surface area contributed by atoms with E-state index in [2.05, 4.69) is 17.2 Å². The van der Waals surface area contributed by atoms with Gasteiger partial charge in [-0.1, -0.05) is 11.6 Å². The van der Waals surface area contributed by atoms with Gasteiger partial charge in [0, 0.05) is 16.6 Å². The van der Waals surface area contributed by atoms with Crippen molar-refractivity contribution in [3.63, 3.8) is 0 Å².